The van der Waals surface area contributed by atoms with Crippen molar-refractivity contribution in [3.8, 4) is 23.1 Å². The topological polar surface area (TPSA) is 94.0 Å². The van der Waals surface area contributed by atoms with E-state index in [1.807, 2.05) is 54.6 Å². The first-order valence-electron chi connectivity index (χ1n) is 12.6. The molecule has 0 amide bonds. The zero-order valence-electron chi connectivity index (χ0n) is 20.6. The highest BCUT2D eigenvalue weighted by atomic mass is 16.5. The SMILES string of the molecule is CC1(N(CCOc2ccc3oc(-c4ncon4)cc3c2)C[C@H](O)COc2ccccc2)CCCCC1. The van der Waals surface area contributed by atoms with Crippen molar-refractivity contribution in [3.05, 3.63) is 61.0 Å². The van der Waals surface area contributed by atoms with Gasteiger partial charge in [-0.25, -0.2) is 0 Å². The maximum Gasteiger partial charge on any atom is 0.237 e. The molecule has 1 aliphatic rings. The van der Waals surface area contributed by atoms with E-state index in [1.54, 1.807) is 0 Å². The monoisotopic (exact) mass is 491 g/mol. The number of nitrogens with zero attached hydrogens (tertiary/aromatic N) is 3. The average molecular weight is 492 g/mol. The van der Waals surface area contributed by atoms with Crippen LogP contribution < -0.4 is 9.47 Å². The van der Waals surface area contributed by atoms with Crippen LogP contribution in [0.25, 0.3) is 22.6 Å². The third kappa shape index (κ3) is 5.88. The zero-order chi connectivity index (χ0) is 24.8. The minimum Gasteiger partial charge on any atom is -0.492 e. The van der Waals surface area contributed by atoms with Gasteiger partial charge in [0.1, 0.15) is 36.4 Å². The van der Waals surface area contributed by atoms with Crippen LogP contribution in [0.3, 0.4) is 0 Å². The Morgan fingerprint density at radius 2 is 1.86 bits per heavy atom. The van der Waals surface area contributed by atoms with E-state index >= 15 is 0 Å². The predicted molar refractivity (Wildman–Crippen MR) is 136 cm³/mol. The summed E-state index contributed by atoms with van der Waals surface area (Å²) in [6, 6.07) is 17.3. The third-order valence-electron chi connectivity index (χ3n) is 7.01. The van der Waals surface area contributed by atoms with E-state index in [2.05, 4.69) is 22.0 Å². The summed E-state index contributed by atoms with van der Waals surface area (Å²) in [5.41, 5.74) is 0.781. The minimum atomic E-state index is -0.588. The Balaban J connectivity index is 1.21. The molecule has 1 N–H and O–H groups in total. The van der Waals surface area contributed by atoms with Crippen LogP contribution in [0.5, 0.6) is 11.5 Å². The van der Waals surface area contributed by atoms with E-state index < -0.39 is 6.10 Å². The van der Waals surface area contributed by atoms with Crippen LogP contribution in [-0.2, 0) is 0 Å². The van der Waals surface area contributed by atoms with Crippen LogP contribution in [0.4, 0.5) is 0 Å². The van der Waals surface area contributed by atoms with Gasteiger partial charge in [-0.05, 0) is 56.2 Å². The lowest BCUT2D eigenvalue weighted by molar-refractivity contribution is -0.00167. The molecule has 1 fully saturated rings. The van der Waals surface area contributed by atoms with Gasteiger partial charge in [-0.2, -0.15) is 4.98 Å². The molecule has 0 aliphatic heterocycles. The molecule has 0 saturated heterocycles. The van der Waals surface area contributed by atoms with Gasteiger partial charge in [0, 0.05) is 24.0 Å². The Labute approximate surface area is 210 Å². The van der Waals surface area contributed by atoms with E-state index in [1.165, 1.54) is 25.7 Å². The van der Waals surface area contributed by atoms with Gasteiger partial charge in [-0.1, -0.05) is 42.6 Å². The van der Waals surface area contributed by atoms with Crippen molar-refractivity contribution in [2.24, 2.45) is 0 Å². The van der Waals surface area contributed by atoms with Crippen LogP contribution in [0.15, 0.2) is 69.9 Å². The van der Waals surface area contributed by atoms with E-state index in [0.29, 0.717) is 24.7 Å². The second-order valence-electron chi connectivity index (χ2n) is 9.70. The second kappa shape index (κ2) is 11.1. The van der Waals surface area contributed by atoms with Gasteiger partial charge in [-0.15, -0.1) is 0 Å². The van der Waals surface area contributed by atoms with Crippen LogP contribution >= 0.6 is 0 Å². The molecule has 8 nitrogen and oxygen atoms in total. The van der Waals surface area contributed by atoms with Crippen LogP contribution in [0, 0.1) is 0 Å². The van der Waals surface area contributed by atoms with Gasteiger partial charge in [0.2, 0.25) is 12.2 Å². The summed E-state index contributed by atoms with van der Waals surface area (Å²) >= 11 is 0. The number of rotatable bonds is 11. The van der Waals surface area contributed by atoms with Crippen LogP contribution in [-0.4, -0.2) is 58.1 Å². The number of fused-ring (bicyclic) bond motifs is 1. The Hall–Kier alpha value is -3.36. The molecular weight excluding hydrogens is 458 g/mol. The Bertz CT molecular complexity index is 1220. The number of furan rings is 1. The molecule has 1 aliphatic carbocycles. The molecule has 1 saturated carbocycles. The third-order valence-corrected chi connectivity index (χ3v) is 7.01. The molecule has 36 heavy (non-hydrogen) atoms. The molecule has 0 bridgehead atoms. The average Bonchev–Trinajstić information content (AvgIpc) is 3.58. The van der Waals surface area contributed by atoms with Crippen molar-refractivity contribution in [1.82, 2.24) is 15.0 Å². The summed E-state index contributed by atoms with van der Waals surface area (Å²) in [5, 5.41) is 15.6. The van der Waals surface area contributed by atoms with E-state index in [9.17, 15) is 5.11 Å². The summed E-state index contributed by atoms with van der Waals surface area (Å²) in [5.74, 6) is 2.51. The fourth-order valence-corrected chi connectivity index (χ4v) is 5.00. The van der Waals surface area contributed by atoms with Crippen molar-refractivity contribution < 1.29 is 23.5 Å². The summed E-state index contributed by atoms with van der Waals surface area (Å²) in [4.78, 5) is 6.43. The van der Waals surface area contributed by atoms with Crippen molar-refractivity contribution in [3.63, 3.8) is 0 Å². The van der Waals surface area contributed by atoms with Crippen molar-refractivity contribution in [2.45, 2.75) is 50.7 Å². The van der Waals surface area contributed by atoms with Crippen molar-refractivity contribution in [1.29, 1.82) is 0 Å². The lowest BCUT2D eigenvalue weighted by Gasteiger charge is -2.45. The molecule has 2 heterocycles. The van der Waals surface area contributed by atoms with Gasteiger partial charge in [0.25, 0.3) is 0 Å². The highest BCUT2D eigenvalue weighted by molar-refractivity contribution is 5.83. The van der Waals surface area contributed by atoms with Gasteiger partial charge >= 0.3 is 0 Å². The number of aliphatic hydroxyl groups is 1. The quantitative estimate of drug-likeness (QED) is 0.301. The van der Waals surface area contributed by atoms with Gasteiger partial charge in [-0.3, -0.25) is 4.90 Å². The first-order valence-corrected chi connectivity index (χ1v) is 12.6. The lowest BCUT2D eigenvalue weighted by atomic mass is 9.81. The Morgan fingerprint density at radius 1 is 1.03 bits per heavy atom. The lowest BCUT2D eigenvalue weighted by Crippen LogP contribution is -2.52. The highest BCUT2D eigenvalue weighted by Crippen LogP contribution is 2.34. The van der Waals surface area contributed by atoms with Gasteiger partial charge in [0.05, 0.1) is 0 Å². The van der Waals surface area contributed by atoms with Crippen molar-refractivity contribution in [2.75, 3.05) is 26.3 Å². The molecule has 2 aromatic carbocycles. The number of hydrogen-bond donors (Lipinski definition) is 1. The maximum absolute atomic E-state index is 10.8. The number of β-amino-alcohol motifs (C(OH)–C–C–N with tert-alkyl or cyclic N) is 1. The number of benzene rings is 2. The summed E-state index contributed by atoms with van der Waals surface area (Å²) < 4.78 is 22.6. The van der Waals surface area contributed by atoms with E-state index in [4.69, 9.17) is 18.4 Å². The summed E-state index contributed by atoms with van der Waals surface area (Å²) in [6.07, 6.45) is 6.64. The smallest absolute Gasteiger partial charge is 0.237 e. The van der Waals surface area contributed by atoms with Crippen molar-refractivity contribution >= 4 is 11.0 Å². The molecule has 2 aromatic heterocycles. The van der Waals surface area contributed by atoms with E-state index in [-0.39, 0.29) is 12.1 Å². The summed E-state index contributed by atoms with van der Waals surface area (Å²) in [7, 11) is 0. The Kier molecular flexibility index (Phi) is 7.53. The summed E-state index contributed by atoms with van der Waals surface area (Å²) in [6.45, 7) is 4.35. The normalized spacial score (nSPS) is 16.3. The minimum absolute atomic E-state index is 0.0450. The van der Waals surface area contributed by atoms with Crippen LogP contribution in [0.1, 0.15) is 39.0 Å². The maximum atomic E-state index is 10.8. The molecule has 0 unspecified atom stereocenters. The molecule has 1 atom stereocenters. The number of para-hydroxylation sites is 1. The predicted octanol–water partition coefficient (Wildman–Crippen LogP) is 5.33. The second-order valence-corrected chi connectivity index (χ2v) is 9.70. The number of aliphatic hydroxyl groups excluding tert-OH is 1. The Morgan fingerprint density at radius 3 is 2.64 bits per heavy atom. The fraction of sp³-hybridized carbons (Fsp3) is 0.429. The molecule has 0 spiro atoms. The number of aromatic nitrogens is 2. The van der Waals surface area contributed by atoms with Gasteiger partial charge < -0.3 is 23.5 Å². The van der Waals surface area contributed by atoms with Crippen LogP contribution in [0.2, 0.25) is 0 Å². The first kappa shape index (κ1) is 24.3. The molecule has 5 rings (SSSR count). The number of ether oxygens (including phenoxy) is 2. The molecule has 8 heteroatoms. The zero-order valence-corrected chi connectivity index (χ0v) is 20.6. The molecular formula is C28H33N3O5. The molecule has 4 aromatic rings. The number of hydrogen-bond acceptors (Lipinski definition) is 8. The largest absolute Gasteiger partial charge is 0.492 e. The van der Waals surface area contributed by atoms with Gasteiger partial charge in [0.15, 0.2) is 5.76 Å². The van der Waals surface area contributed by atoms with E-state index in [0.717, 1.165) is 41.9 Å². The molecule has 190 valence electrons. The highest BCUT2D eigenvalue weighted by Gasteiger charge is 2.34. The molecule has 0 radical (unpaired) electrons. The first-order chi connectivity index (χ1) is 17.6. The fourth-order valence-electron chi connectivity index (χ4n) is 5.00. The standard InChI is InChI=1S/C28H33N3O5/c1-28(12-6-3-7-13-28)31(18-22(32)19-34-23-8-4-2-5-9-23)14-15-33-24-10-11-25-21(16-24)17-26(36-25)27-29-20-35-30-27/h2,4-5,8-11,16-17,20,22,32H,3,6-7,12-15,18-19H2,1H3/t22-/m0/s1.